The highest BCUT2D eigenvalue weighted by Crippen LogP contribution is 2.27. The fraction of sp³-hybridized carbons (Fsp3) is 0.333. The zero-order chi connectivity index (χ0) is 21.7. The lowest BCUT2D eigenvalue weighted by molar-refractivity contribution is -0.384. The van der Waals surface area contributed by atoms with Gasteiger partial charge in [-0.2, -0.15) is 13.2 Å². The van der Waals surface area contributed by atoms with Gasteiger partial charge < -0.3 is 19.7 Å². The van der Waals surface area contributed by atoms with Gasteiger partial charge in [-0.1, -0.05) is 0 Å². The summed E-state index contributed by atoms with van der Waals surface area (Å²) in [5, 5.41) is 13.7. The van der Waals surface area contributed by atoms with Gasteiger partial charge in [0.2, 0.25) is 5.88 Å². The number of hydrogen-bond acceptors (Lipinski definition) is 7. The van der Waals surface area contributed by atoms with E-state index in [2.05, 4.69) is 15.0 Å². The normalized spacial score (nSPS) is 14.3. The fourth-order valence-electron chi connectivity index (χ4n) is 2.79. The second-order valence-electron chi connectivity index (χ2n) is 6.30. The molecule has 3 rings (SSSR count). The summed E-state index contributed by atoms with van der Waals surface area (Å²) in [6, 6.07) is 6.50. The molecule has 1 amide bonds. The topological polar surface area (TPSA) is 107 Å². The van der Waals surface area contributed by atoms with Crippen molar-refractivity contribution in [2.45, 2.75) is 6.18 Å². The number of anilines is 2. The van der Waals surface area contributed by atoms with Crippen LogP contribution >= 0.6 is 0 Å². The van der Waals surface area contributed by atoms with Crippen molar-refractivity contribution in [2.75, 3.05) is 43.1 Å². The molecule has 0 bridgehead atoms. The summed E-state index contributed by atoms with van der Waals surface area (Å²) >= 11 is 0. The summed E-state index contributed by atoms with van der Waals surface area (Å²) < 4.78 is 46.4. The average molecular weight is 426 g/mol. The zero-order valence-electron chi connectivity index (χ0n) is 15.5. The average Bonchev–Trinajstić information content (AvgIpc) is 2.73. The molecule has 1 aliphatic rings. The molecule has 1 saturated heterocycles. The van der Waals surface area contributed by atoms with Gasteiger partial charge in [0, 0.05) is 31.3 Å². The van der Waals surface area contributed by atoms with Gasteiger partial charge in [-0.05, 0) is 12.1 Å². The van der Waals surface area contributed by atoms with Crippen molar-refractivity contribution in [3.63, 3.8) is 0 Å². The molecule has 0 radical (unpaired) electrons. The van der Waals surface area contributed by atoms with Crippen LogP contribution in [-0.4, -0.2) is 54.9 Å². The van der Waals surface area contributed by atoms with Gasteiger partial charge in [0.05, 0.1) is 41.3 Å². The lowest BCUT2D eigenvalue weighted by Gasteiger charge is -2.30. The Bertz CT molecular complexity index is 915. The number of nitro groups is 1. The molecule has 0 saturated carbocycles. The number of ether oxygens (including phenoxy) is 2. The highest BCUT2D eigenvalue weighted by atomic mass is 19.4. The number of non-ortho nitro benzene ring substituents is 1. The van der Waals surface area contributed by atoms with Crippen LogP contribution in [0.5, 0.6) is 5.88 Å². The van der Waals surface area contributed by atoms with E-state index in [1.54, 1.807) is 0 Å². The minimum atomic E-state index is -4.49. The summed E-state index contributed by atoms with van der Waals surface area (Å²) in [4.78, 5) is 28.9. The maximum absolute atomic E-state index is 12.8. The number of nitro benzene ring substituents is 1. The zero-order valence-corrected chi connectivity index (χ0v) is 15.5. The molecule has 1 aromatic carbocycles. The minimum absolute atomic E-state index is 0.0866. The number of carbonyl (C=O) groups is 1. The molecular formula is C18H17F3N4O5. The number of rotatable bonds is 6. The molecule has 1 aliphatic heterocycles. The first-order valence-electron chi connectivity index (χ1n) is 8.81. The van der Waals surface area contributed by atoms with Crippen LogP contribution in [-0.2, 0) is 4.74 Å². The largest absolute Gasteiger partial charge is 0.468 e. The Balaban J connectivity index is 1.78. The molecule has 30 heavy (non-hydrogen) atoms. The van der Waals surface area contributed by atoms with Crippen molar-refractivity contribution in [3.8, 4) is 5.88 Å². The Kier molecular flexibility index (Phi) is 6.35. The number of alkyl halides is 3. The molecule has 160 valence electrons. The predicted octanol–water partition coefficient (Wildman–Crippen LogP) is 3.02. The van der Waals surface area contributed by atoms with Crippen molar-refractivity contribution >= 4 is 23.0 Å². The van der Waals surface area contributed by atoms with Gasteiger partial charge >= 0.3 is 6.18 Å². The second kappa shape index (κ2) is 8.95. The Morgan fingerprint density at radius 3 is 2.60 bits per heavy atom. The number of carbonyl (C=O) groups excluding carboxylic acids is 1. The van der Waals surface area contributed by atoms with Gasteiger partial charge in [0.25, 0.3) is 11.6 Å². The lowest BCUT2D eigenvalue weighted by atomic mass is 10.1. The highest BCUT2D eigenvalue weighted by molar-refractivity contribution is 6.08. The predicted molar refractivity (Wildman–Crippen MR) is 99.9 cm³/mol. The van der Waals surface area contributed by atoms with Crippen LogP contribution in [0.2, 0.25) is 0 Å². The van der Waals surface area contributed by atoms with E-state index < -0.39 is 23.6 Å². The number of pyridine rings is 1. The van der Waals surface area contributed by atoms with E-state index >= 15 is 0 Å². The summed E-state index contributed by atoms with van der Waals surface area (Å²) in [6.45, 7) is 0.473. The number of amides is 1. The number of halogens is 3. The quantitative estimate of drug-likeness (QED) is 0.559. The number of morpholine rings is 1. The molecule has 0 spiro atoms. The molecule has 0 unspecified atom stereocenters. The maximum atomic E-state index is 12.8. The van der Waals surface area contributed by atoms with Crippen molar-refractivity contribution in [1.29, 1.82) is 0 Å². The van der Waals surface area contributed by atoms with Gasteiger partial charge in [-0.15, -0.1) is 0 Å². The molecule has 1 fully saturated rings. The first kappa shape index (κ1) is 21.3. The van der Waals surface area contributed by atoms with Gasteiger partial charge in [0.1, 0.15) is 0 Å². The highest BCUT2D eigenvalue weighted by Gasteiger charge is 2.28. The van der Waals surface area contributed by atoms with Gasteiger partial charge in [-0.3, -0.25) is 14.9 Å². The SMILES string of the molecule is O=C(Nc1ccc(OCC(F)(F)F)nc1)c1cc([N+](=O)[O-])ccc1N1CCOCC1. The van der Waals surface area contributed by atoms with Gasteiger partial charge in [0.15, 0.2) is 6.61 Å². The Labute approximate surface area is 168 Å². The number of benzene rings is 1. The van der Waals surface area contributed by atoms with Crippen LogP contribution in [0.15, 0.2) is 36.5 Å². The monoisotopic (exact) mass is 426 g/mol. The Morgan fingerprint density at radius 2 is 2.00 bits per heavy atom. The summed E-state index contributed by atoms with van der Waals surface area (Å²) in [5.41, 5.74) is 0.549. The molecule has 2 aromatic rings. The Hall–Kier alpha value is -3.41. The third kappa shape index (κ3) is 5.56. The van der Waals surface area contributed by atoms with Crippen molar-refractivity contribution in [2.24, 2.45) is 0 Å². The van der Waals surface area contributed by atoms with Crippen LogP contribution < -0.4 is 15.0 Å². The van der Waals surface area contributed by atoms with Crippen LogP contribution in [0.4, 0.5) is 30.2 Å². The Morgan fingerprint density at radius 1 is 1.27 bits per heavy atom. The molecule has 2 heterocycles. The van der Waals surface area contributed by atoms with Crippen molar-refractivity contribution in [1.82, 2.24) is 4.98 Å². The minimum Gasteiger partial charge on any atom is -0.468 e. The van der Waals surface area contributed by atoms with E-state index in [0.717, 1.165) is 6.20 Å². The first-order chi connectivity index (χ1) is 14.2. The van der Waals surface area contributed by atoms with E-state index in [9.17, 15) is 28.1 Å². The number of nitrogens with zero attached hydrogens (tertiary/aromatic N) is 3. The van der Waals surface area contributed by atoms with Crippen LogP contribution in [0.1, 0.15) is 10.4 Å². The van der Waals surface area contributed by atoms with Crippen LogP contribution in [0.3, 0.4) is 0 Å². The summed E-state index contributed by atoms with van der Waals surface area (Å²) in [7, 11) is 0. The molecule has 1 aromatic heterocycles. The number of hydrogen-bond donors (Lipinski definition) is 1. The maximum Gasteiger partial charge on any atom is 0.422 e. The van der Waals surface area contributed by atoms with Crippen molar-refractivity contribution in [3.05, 3.63) is 52.2 Å². The number of nitrogens with one attached hydrogen (secondary N) is 1. The molecule has 0 aliphatic carbocycles. The number of aromatic nitrogens is 1. The van der Waals surface area contributed by atoms with E-state index in [1.807, 2.05) is 4.90 Å². The molecular weight excluding hydrogens is 409 g/mol. The van der Waals surface area contributed by atoms with E-state index in [4.69, 9.17) is 4.74 Å². The van der Waals surface area contributed by atoms with Crippen LogP contribution in [0.25, 0.3) is 0 Å². The summed E-state index contributed by atoms with van der Waals surface area (Å²) in [6.07, 6.45) is -3.36. The third-order valence-electron chi connectivity index (χ3n) is 4.17. The molecule has 1 N–H and O–H groups in total. The lowest BCUT2D eigenvalue weighted by Crippen LogP contribution is -2.37. The van der Waals surface area contributed by atoms with Crippen LogP contribution in [0, 0.1) is 10.1 Å². The van der Waals surface area contributed by atoms with E-state index in [1.165, 1.54) is 30.3 Å². The first-order valence-corrected chi connectivity index (χ1v) is 8.81. The molecule has 0 atom stereocenters. The smallest absolute Gasteiger partial charge is 0.422 e. The van der Waals surface area contributed by atoms with Gasteiger partial charge in [-0.25, -0.2) is 4.98 Å². The van der Waals surface area contributed by atoms with Crippen molar-refractivity contribution < 1.29 is 32.4 Å². The second-order valence-corrected chi connectivity index (χ2v) is 6.30. The fourth-order valence-corrected chi connectivity index (χ4v) is 2.79. The summed E-state index contributed by atoms with van der Waals surface area (Å²) in [5.74, 6) is -0.874. The standard InChI is InChI=1S/C18H17F3N4O5/c19-18(20,21)11-30-16-4-1-12(10-22-16)23-17(26)14-9-13(25(27)28)2-3-15(14)24-5-7-29-8-6-24/h1-4,9-10H,5-8,11H2,(H,23,26). The molecule has 12 heteroatoms. The third-order valence-corrected chi connectivity index (χ3v) is 4.17. The van der Waals surface area contributed by atoms with E-state index in [-0.39, 0.29) is 22.8 Å². The molecule has 9 nitrogen and oxygen atoms in total. The van der Waals surface area contributed by atoms with E-state index in [0.29, 0.717) is 32.0 Å².